The van der Waals surface area contributed by atoms with Crippen LogP contribution in [-0.4, -0.2) is 21.2 Å². The highest BCUT2D eigenvalue weighted by atomic mass is 79.9. The van der Waals surface area contributed by atoms with Gasteiger partial charge in [0.15, 0.2) is 0 Å². The number of nitrogens with zero attached hydrogens (tertiary/aromatic N) is 1. The second kappa shape index (κ2) is 6.66. The summed E-state index contributed by atoms with van der Waals surface area (Å²) in [7, 11) is 5.68. The predicted molar refractivity (Wildman–Crippen MR) is 88.8 cm³/mol. The Kier molecular flexibility index (Phi) is 4.90. The van der Waals surface area contributed by atoms with E-state index >= 15 is 0 Å². The molecule has 0 aliphatic rings. The van der Waals surface area contributed by atoms with E-state index in [9.17, 15) is 0 Å². The summed E-state index contributed by atoms with van der Waals surface area (Å²) in [5, 5.41) is 3.13. The zero-order chi connectivity index (χ0) is 14.5. The van der Waals surface area contributed by atoms with Crippen molar-refractivity contribution < 1.29 is 4.74 Å². The smallest absolute Gasteiger partial charge is 0.133 e. The summed E-state index contributed by atoms with van der Waals surface area (Å²) in [4.78, 5) is 2.21. The van der Waals surface area contributed by atoms with Crippen LogP contribution in [0.4, 0.5) is 11.4 Å². The van der Waals surface area contributed by atoms with E-state index in [-0.39, 0.29) is 0 Å². The summed E-state index contributed by atoms with van der Waals surface area (Å²) in [5.41, 5.74) is 3.55. The van der Waals surface area contributed by atoms with Gasteiger partial charge in [-0.3, -0.25) is 0 Å². The van der Waals surface area contributed by atoms with Gasteiger partial charge in [-0.05, 0) is 51.8 Å². The van der Waals surface area contributed by atoms with Gasteiger partial charge in [0.1, 0.15) is 5.75 Å². The number of anilines is 2. The first-order valence-electron chi connectivity index (χ1n) is 6.45. The lowest BCUT2D eigenvalue weighted by Gasteiger charge is -2.20. The standard InChI is InChI=1S/C16H19BrN2O/c1-18-13-6-4-12(5-7-13)11-19(2)14-8-9-16(20-3)15(17)10-14/h4-10,18H,11H2,1-3H3. The topological polar surface area (TPSA) is 24.5 Å². The number of nitrogens with one attached hydrogen (secondary N) is 1. The maximum atomic E-state index is 5.25. The highest BCUT2D eigenvalue weighted by Crippen LogP contribution is 2.29. The molecule has 0 amide bonds. The van der Waals surface area contributed by atoms with Crippen LogP contribution >= 0.6 is 15.9 Å². The molecule has 0 aromatic heterocycles. The van der Waals surface area contributed by atoms with Crippen molar-refractivity contribution in [3.05, 3.63) is 52.5 Å². The Labute approximate surface area is 128 Å². The van der Waals surface area contributed by atoms with Crippen molar-refractivity contribution in [2.75, 3.05) is 31.4 Å². The first kappa shape index (κ1) is 14.7. The van der Waals surface area contributed by atoms with Crippen LogP contribution in [0.25, 0.3) is 0 Å². The van der Waals surface area contributed by atoms with Crippen LogP contribution in [0, 0.1) is 0 Å². The molecule has 1 N–H and O–H groups in total. The fourth-order valence-corrected chi connectivity index (χ4v) is 2.56. The quantitative estimate of drug-likeness (QED) is 0.889. The minimum atomic E-state index is 0.848. The van der Waals surface area contributed by atoms with E-state index in [2.05, 4.69) is 69.6 Å². The summed E-state index contributed by atoms with van der Waals surface area (Å²) in [6.07, 6.45) is 0. The van der Waals surface area contributed by atoms with E-state index in [1.54, 1.807) is 7.11 Å². The first-order valence-corrected chi connectivity index (χ1v) is 7.24. The molecule has 0 bridgehead atoms. The Morgan fingerprint density at radius 3 is 2.40 bits per heavy atom. The third-order valence-electron chi connectivity index (χ3n) is 3.24. The molecule has 0 fully saturated rings. The zero-order valence-corrected chi connectivity index (χ0v) is 13.6. The molecule has 3 nitrogen and oxygen atoms in total. The van der Waals surface area contributed by atoms with E-state index in [0.717, 1.165) is 28.1 Å². The number of benzene rings is 2. The van der Waals surface area contributed by atoms with Crippen molar-refractivity contribution in [3.63, 3.8) is 0 Å². The average Bonchev–Trinajstić information content (AvgIpc) is 2.48. The largest absolute Gasteiger partial charge is 0.496 e. The lowest BCUT2D eigenvalue weighted by Crippen LogP contribution is -2.16. The molecule has 0 saturated carbocycles. The summed E-state index contributed by atoms with van der Waals surface area (Å²) in [6, 6.07) is 14.6. The molecular formula is C16H19BrN2O. The van der Waals surface area contributed by atoms with Crippen LogP contribution in [-0.2, 0) is 6.54 Å². The number of hydrogen-bond acceptors (Lipinski definition) is 3. The van der Waals surface area contributed by atoms with Gasteiger partial charge in [-0.15, -0.1) is 0 Å². The zero-order valence-electron chi connectivity index (χ0n) is 12.0. The fraction of sp³-hybridized carbons (Fsp3) is 0.250. The first-order chi connectivity index (χ1) is 9.63. The van der Waals surface area contributed by atoms with Gasteiger partial charge >= 0.3 is 0 Å². The molecule has 0 atom stereocenters. The molecule has 2 aromatic carbocycles. The Balaban J connectivity index is 2.10. The Morgan fingerprint density at radius 2 is 1.85 bits per heavy atom. The summed E-state index contributed by atoms with van der Waals surface area (Å²) in [5.74, 6) is 0.848. The van der Waals surface area contributed by atoms with Gasteiger partial charge in [0, 0.05) is 32.0 Å². The number of methoxy groups -OCH3 is 1. The van der Waals surface area contributed by atoms with Gasteiger partial charge in [-0.1, -0.05) is 12.1 Å². The van der Waals surface area contributed by atoms with Gasteiger partial charge in [-0.25, -0.2) is 0 Å². The maximum absolute atomic E-state index is 5.25. The van der Waals surface area contributed by atoms with Gasteiger partial charge in [0.25, 0.3) is 0 Å². The van der Waals surface area contributed by atoms with Gasteiger partial charge < -0.3 is 15.0 Å². The molecule has 2 rings (SSSR count). The SMILES string of the molecule is CNc1ccc(CN(C)c2ccc(OC)c(Br)c2)cc1. The lowest BCUT2D eigenvalue weighted by atomic mass is 10.2. The second-order valence-electron chi connectivity index (χ2n) is 4.62. The molecule has 20 heavy (non-hydrogen) atoms. The molecular weight excluding hydrogens is 316 g/mol. The summed E-state index contributed by atoms with van der Waals surface area (Å²) in [6.45, 7) is 0.864. The third kappa shape index (κ3) is 3.45. The maximum Gasteiger partial charge on any atom is 0.133 e. The summed E-state index contributed by atoms with van der Waals surface area (Å²) < 4.78 is 6.22. The molecule has 2 aromatic rings. The lowest BCUT2D eigenvalue weighted by molar-refractivity contribution is 0.412. The van der Waals surface area contributed by atoms with Crippen LogP contribution in [0.3, 0.4) is 0 Å². The predicted octanol–water partition coefficient (Wildman–Crippen LogP) is 4.14. The highest BCUT2D eigenvalue weighted by Gasteiger charge is 2.06. The van der Waals surface area contributed by atoms with Crippen LogP contribution < -0.4 is 15.0 Å². The van der Waals surface area contributed by atoms with E-state index < -0.39 is 0 Å². The van der Waals surface area contributed by atoms with Crippen molar-refractivity contribution >= 4 is 27.3 Å². The van der Waals surface area contributed by atoms with E-state index in [4.69, 9.17) is 4.74 Å². The molecule has 0 aliphatic carbocycles. The van der Waals surface area contributed by atoms with E-state index in [1.807, 2.05) is 13.1 Å². The molecule has 4 heteroatoms. The third-order valence-corrected chi connectivity index (χ3v) is 3.86. The van der Waals surface area contributed by atoms with Crippen LogP contribution in [0.1, 0.15) is 5.56 Å². The molecule has 0 aliphatic heterocycles. The minimum Gasteiger partial charge on any atom is -0.496 e. The van der Waals surface area contributed by atoms with E-state index in [1.165, 1.54) is 5.56 Å². The van der Waals surface area contributed by atoms with Crippen LogP contribution in [0.5, 0.6) is 5.75 Å². The normalized spacial score (nSPS) is 10.2. The highest BCUT2D eigenvalue weighted by molar-refractivity contribution is 9.10. The number of rotatable bonds is 5. The van der Waals surface area contributed by atoms with Gasteiger partial charge in [0.05, 0.1) is 11.6 Å². The molecule has 106 valence electrons. The molecule has 0 unspecified atom stereocenters. The van der Waals surface area contributed by atoms with Crippen molar-refractivity contribution in [3.8, 4) is 5.75 Å². The number of hydrogen-bond donors (Lipinski definition) is 1. The van der Waals surface area contributed by atoms with Crippen molar-refractivity contribution in [1.82, 2.24) is 0 Å². The monoisotopic (exact) mass is 334 g/mol. The van der Waals surface area contributed by atoms with Crippen LogP contribution in [0.2, 0.25) is 0 Å². The van der Waals surface area contributed by atoms with Crippen LogP contribution in [0.15, 0.2) is 46.9 Å². The Morgan fingerprint density at radius 1 is 1.15 bits per heavy atom. The van der Waals surface area contributed by atoms with E-state index in [0.29, 0.717) is 0 Å². The molecule has 0 heterocycles. The average molecular weight is 335 g/mol. The van der Waals surface area contributed by atoms with Crippen molar-refractivity contribution in [1.29, 1.82) is 0 Å². The molecule has 0 spiro atoms. The van der Waals surface area contributed by atoms with Gasteiger partial charge in [-0.2, -0.15) is 0 Å². The van der Waals surface area contributed by atoms with Crippen molar-refractivity contribution in [2.24, 2.45) is 0 Å². The minimum absolute atomic E-state index is 0.848. The van der Waals surface area contributed by atoms with Crippen molar-refractivity contribution in [2.45, 2.75) is 6.54 Å². The molecule has 0 saturated heterocycles. The Hall–Kier alpha value is -1.68. The number of ether oxygens (including phenoxy) is 1. The molecule has 0 radical (unpaired) electrons. The Bertz CT molecular complexity index is 569. The number of halogens is 1. The second-order valence-corrected chi connectivity index (χ2v) is 5.48. The summed E-state index contributed by atoms with van der Waals surface area (Å²) >= 11 is 3.52. The fourth-order valence-electron chi connectivity index (χ4n) is 2.03. The van der Waals surface area contributed by atoms with Gasteiger partial charge in [0.2, 0.25) is 0 Å².